The Morgan fingerprint density at radius 2 is 1.81 bits per heavy atom. The third kappa shape index (κ3) is 3.50. The molecule has 0 saturated heterocycles. The summed E-state index contributed by atoms with van der Waals surface area (Å²) in [5.74, 6) is 0.769. The molecule has 1 aromatic rings. The van der Waals surface area contributed by atoms with Crippen LogP contribution in [0.3, 0.4) is 0 Å². The number of nitrogens with one attached hydrogen (secondary N) is 1. The van der Waals surface area contributed by atoms with E-state index in [1.54, 1.807) is 0 Å². The average molecular weight is 291 g/mol. The van der Waals surface area contributed by atoms with Crippen molar-refractivity contribution in [1.82, 2.24) is 15.1 Å². The van der Waals surface area contributed by atoms with E-state index in [9.17, 15) is 0 Å². The van der Waals surface area contributed by atoms with Gasteiger partial charge in [0.05, 0.1) is 5.69 Å². The zero-order valence-electron chi connectivity index (χ0n) is 15.0. The lowest BCUT2D eigenvalue weighted by atomic mass is 9.69. The van der Waals surface area contributed by atoms with Gasteiger partial charge >= 0.3 is 0 Å². The van der Waals surface area contributed by atoms with Crippen LogP contribution in [-0.2, 0) is 7.05 Å². The predicted molar refractivity (Wildman–Crippen MR) is 89.4 cm³/mol. The first kappa shape index (κ1) is 16.5. The standard InChI is InChI=1S/C18H33N3/c1-12(17-13(2)20-21(7)14(17)3)19-16-11-9-8-10-15(16)18(4,5)6/h12,15-16,19H,8-11H2,1-7H3. The molecule has 1 aromatic heterocycles. The molecule has 2 rings (SSSR count). The molecule has 1 aliphatic rings. The number of aryl methyl sites for hydroxylation is 2. The Labute approximate surface area is 130 Å². The fraction of sp³-hybridized carbons (Fsp3) is 0.833. The molecule has 3 nitrogen and oxygen atoms in total. The van der Waals surface area contributed by atoms with Gasteiger partial charge in [0.2, 0.25) is 0 Å². The van der Waals surface area contributed by atoms with Crippen LogP contribution in [0.1, 0.15) is 76.4 Å². The first-order valence-corrected chi connectivity index (χ1v) is 8.48. The molecule has 3 unspecified atom stereocenters. The van der Waals surface area contributed by atoms with Crippen molar-refractivity contribution in [3.05, 3.63) is 17.0 Å². The summed E-state index contributed by atoms with van der Waals surface area (Å²) in [6.07, 6.45) is 5.42. The molecule has 1 aliphatic carbocycles. The maximum absolute atomic E-state index is 4.57. The second kappa shape index (κ2) is 6.12. The van der Waals surface area contributed by atoms with Crippen molar-refractivity contribution in [2.45, 2.75) is 79.3 Å². The van der Waals surface area contributed by atoms with E-state index in [2.05, 4.69) is 52.0 Å². The van der Waals surface area contributed by atoms with Crippen LogP contribution >= 0.6 is 0 Å². The molecule has 1 N–H and O–H groups in total. The maximum atomic E-state index is 4.57. The van der Waals surface area contributed by atoms with Gasteiger partial charge in [-0.15, -0.1) is 0 Å². The molecule has 120 valence electrons. The lowest BCUT2D eigenvalue weighted by Crippen LogP contribution is -2.45. The Kier molecular flexibility index (Phi) is 4.82. The molecule has 0 spiro atoms. The Morgan fingerprint density at radius 1 is 1.19 bits per heavy atom. The minimum Gasteiger partial charge on any atom is -0.307 e. The summed E-state index contributed by atoms with van der Waals surface area (Å²) in [5.41, 5.74) is 4.22. The van der Waals surface area contributed by atoms with E-state index < -0.39 is 0 Å². The lowest BCUT2D eigenvalue weighted by molar-refractivity contribution is 0.124. The average Bonchev–Trinajstić information content (AvgIpc) is 2.62. The van der Waals surface area contributed by atoms with Gasteiger partial charge in [-0.1, -0.05) is 33.6 Å². The number of hydrogen-bond donors (Lipinski definition) is 1. The van der Waals surface area contributed by atoms with E-state index in [0.717, 1.165) is 11.6 Å². The fourth-order valence-corrected chi connectivity index (χ4v) is 4.19. The molecule has 21 heavy (non-hydrogen) atoms. The minimum absolute atomic E-state index is 0.381. The monoisotopic (exact) mass is 291 g/mol. The highest BCUT2D eigenvalue weighted by atomic mass is 15.3. The molecule has 3 atom stereocenters. The summed E-state index contributed by atoms with van der Waals surface area (Å²) in [4.78, 5) is 0. The molecule has 1 heterocycles. The number of nitrogens with zero attached hydrogens (tertiary/aromatic N) is 2. The topological polar surface area (TPSA) is 29.9 Å². The summed E-state index contributed by atoms with van der Waals surface area (Å²) in [6, 6.07) is 1.01. The summed E-state index contributed by atoms with van der Waals surface area (Å²) in [5, 5.41) is 8.50. The minimum atomic E-state index is 0.381. The van der Waals surface area contributed by atoms with E-state index in [1.165, 1.54) is 36.9 Å². The summed E-state index contributed by atoms with van der Waals surface area (Å²) in [6.45, 7) is 13.8. The van der Waals surface area contributed by atoms with Gasteiger partial charge in [-0.25, -0.2) is 0 Å². The molecule has 0 aliphatic heterocycles. The summed E-state index contributed by atoms with van der Waals surface area (Å²) in [7, 11) is 2.04. The summed E-state index contributed by atoms with van der Waals surface area (Å²) < 4.78 is 2.00. The maximum Gasteiger partial charge on any atom is 0.0644 e. The summed E-state index contributed by atoms with van der Waals surface area (Å²) >= 11 is 0. The lowest BCUT2D eigenvalue weighted by Gasteiger charge is -2.42. The van der Waals surface area contributed by atoms with Gasteiger partial charge in [0.15, 0.2) is 0 Å². The molecular formula is C18H33N3. The van der Waals surface area contributed by atoms with Gasteiger partial charge in [0.25, 0.3) is 0 Å². The van der Waals surface area contributed by atoms with Crippen molar-refractivity contribution in [2.24, 2.45) is 18.4 Å². The number of rotatable bonds is 3. The van der Waals surface area contributed by atoms with Gasteiger partial charge in [0, 0.05) is 30.4 Å². The van der Waals surface area contributed by atoms with Gasteiger partial charge in [0.1, 0.15) is 0 Å². The normalized spacial score (nSPS) is 25.1. The largest absolute Gasteiger partial charge is 0.307 e. The van der Waals surface area contributed by atoms with Gasteiger partial charge in [-0.2, -0.15) is 5.10 Å². The van der Waals surface area contributed by atoms with E-state index in [-0.39, 0.29) is 0 Å². The van der Waals surface area contributed by atoms with Crippen LogP contribution in [0.5, 0.6) is 0 Å². The van der Waals surface area contributed by atoms with Crippen LogP contribution in [0.25, 0.3) is 0 Å². The molecule has 0 aromatic carbocycles. The van der Waals surface area contributed by atoms with Crippen molar-refractivity contribution < 1.29 is 0 Å². The van der Waals surface area contributed by atoms with Crippen LogP contribution in [0.2, 0.25) is 0 Å². The Bertz CT molecular complexity index is 481. The molecule has 1 fully saturated rings. The highest BCUT2D eigenvalue weighted by Gasteiger charge is 2.35. The predicted octanol–water partition coefficient (Wildman–Crippen LogP) is 4.29. The third-order valence-corrected chi connectivity index (χ3v) is 5.34. The zero-order chi connectivity index (χ0) is 15.8. The third-order valence-electron chi connectivity index (χ3n) is 5.34. The number of hydrogen-bond acceptors (Lipinski definition) is 2. The fourth-order valence-electron chi connectivity index (χ4n) is 4.19. The van der Waals surface area contributed by atoms with Crippen LogP contribution in [-0.4, -0.2) is 15.8 Å². The van der Waals surface area contributed by atoms with Crippen molar-refractivity contribution in [1.29, 1.82) is 0 Å². The van der Waals surface area contributed by atoms with Gasteiger partial charge in [-0.3, -0.25) is 4.68 Å². The van der Waals surface area contributed by atoms with Crippen molar-refractivity contribution in [2.75, 3.05) is 0 Å². The Morgan fingerprint density at radius 3 is 2.33 bits per heavy atom. The molecule has 1 saturated carbocycles. The number of aromatic nitrogens is 2. The molecule has 3 heteroatoms. The van der Waals surface area contributed by atoms with Gasteiger partial charge < -0.3 is 5.32 Å². The second-order valence-electron chi connectivity index (χ2n) is 7.96. The smallest absolute Gasteiger partial charge is 0.0644 e. The van der Waals surface area contributed by atoms with Crippen LogP contribution in [0.4, 0.5) is 0 Å². The van der Waals surface area contributed by atoms with E-state index >= 15 is 0 Å². The van der Waals surface area contributed by atoms with Crippen LogP contribution in [0.15, 0.2) is 0 Å². The molecule has 0 amide bonds. The molecular weight excluding hydrogens is 258 g/mol. The highest BCUT2D eigenvalue weighted by Crippen LogP contribution is 2.39. The Balaban J connectivity index is 2.15. The van der Waals surface area contributed by atoms with Crippen molar-refractivity contribution in [3.63, 3.8) is 0 Å². The highest BCUT2D eigenvalue weighted by molar-refractivity contribution is 5.27. The quantitative estimate of drug-likeness (QED) is 0.900. The first-order valence-electron chi connectivity index (χ1n) is 8.48. The van der Waals surface area contributed by atoms with E-state index in [4.69, 9.17) is 0 Å². The van der Waals surface area contributed by atoms with Crippen molar-refractivity contribution >= 4 is 0 Å². The molecule has 0 bridgehead atoms. The SMILES string of the molecule is Cc1nn(C)c(C)c1C(C)NC1CCCCC1C(C)(C)C. The Hall–Kier alpha value is -0.830. The van der Waals surface area contributed by atoms with Crippen molar-refractivity contribution in [3.8, 4) is 0 Å². The van der Waals surface area contributed by atoms with E-state index in [1.807, 2.05) is 11.7 Å². The van der Waals surface area contributed by atoms with Crippen LogP contribution in [0, 0.1) is 25.2 Å². The van der Waals surface area contributed by atoms with Crippen LogP contribution < -0.4 is 5.32 Å². The second-order valence-corrected chi connectivity index (χ2v) is 7.96. The van der Waals surface area contributed by atoms with E-state index in [0.29, 0.717) is 17.5 Å². The molecule has 0 radical (unpaired) electrons. The first-order chi connectivity index (χ1) is 9.71. The van der Waals surface area contributed by atoms with Gasteiger partial charge in [-0.05, 0) is 44.9 Å². The zero-order valence-corrected chi connectivity index (χ0v) is 15.0.